The van der Waals surface area contributed by atoms with E-state index in [0.717, 1.165) is 18.6 Å². The summed E-state index contributed by atoms with van der Waals surface area (Å²) in [5.74, 6) is 0.920. The van der Waals surface area contributed by atoms with Gasteiger partial charge in [0.15, 0.2) is 0 Å². The predicted octanol–water partition coefficient (Wildman–Crippen LogP) is 2.11. The normalized spacial score (nSPS) is 16.7. The van der Waals surface area contributed by atoms with E-state index in [1.807, 2.05) is 6.92 Å². The molecule has 38 valence electrons. The van der Waals surface area contributed by atoms with E-state index in [4.69, 9.17) is 1.37 Å². The topological polar surface area (TPSA) is 0 Å². The lowest BCUT2D eigenvalue weighted by atomic mass is 10.3. The first-order valence-electron chi connectivity index (χ1n) is 2.88. The van der Waals surface area contributed by atoms with Crippen LogP contribution >= 0.6 is 12.6 Å². The minimum absolute atomic E-state index is 0.104. The first-order valence-corrected chi connectivity index (χ1v) is 2.93. The molecule has 0 N–H and O–H groups in total. The first kappa shape index (κ1) is 4.51. The predicted molar refractivity (Wildman–Crippen MR) is 33.4 cm³/mol. The third-order valence-electron chi connectivity index (χ3n) is 0.651. The van der Waals surface area contributed by atoms with Crippen LogP contribution in [-0.4, -0.2) is 5.75 Å². The van der Waals surface area contributed by atoms with Crippen LogP contribution in [0.5, 0.6) is 0 Å². The molecule has 0 nitrogen and oxygen atoms in total. The van der Waals surface area contributed by atoms with Crippen LogP contribution in [0.1, 0.15) is 27.5 Å². The zero-order valence-electron chi connectivity index (χ0n) is 5.15. The number of hydrogen-bond acceptors (Lipinski definition) is 1. The molecule has 0 radical (unpaired) electrons. The van der Waals surface area contributed by atoms with Gasteiger partial charge in [-0.3, -0.25) is 0 Å². The molecule has 1 heteroatoms. The molecule has 0 aromatic carbocycles. The van der Waals surface area contributed by atoms with Crippen molar-refractivity contribution in [2.24, 2.45) is 0 Å². The molecule has 6 heavy (non-hydrogen) atoms. The largest absolute Gasteiger partial charge is 0.179 e. The van der Waals surface area contributed by atoms with Gasteiger partial charge in [-0.15, -0.1) is 0 Å². The van der Waals surface area contributed by atoms with Gasteiger partial charge in [0.05, 0.1) is 0 Å². The van der Waals surface area contributed by atoms with E-state index in [9.17, 15) is 0 Å². The van der Waals surface area contributed by atoms with Gasteiger partial charge in [-0.05, 0) is 12.2 Å². The standard InChI is InChI=1S/C5H12S/c1-2-3-4-5-6/h6H,2-5H2,1H3/i2D. The molecule has 0 aromatic rings. The van der Waals surface area contributed by atoms with Crippen molar-refractivity contribution in [1.82, 2.24) is 0 Å². The lowest BCUT2D eigenvalue weighted by molar-refractivity contribution is 0.780. The first-order chi connectivity index (χ1) is 3.27. The summed E-state index contributed by atoms with van der Waals surface area (Å²) in [5.41, 5.74) is 0. The highest BCUT2D eigenvalue weighted by atomic mass is 32.1. The Labute approximate surface area is 46.8 Å². The molecule has 0 saturated heterocycles. The van der Waals surface area contributed by atoms with Crippen LogP contribution in [0.15, 0.2) is 0 Å². The monoisotopic (exact) mass is 105 g/mol. The van der Waals surface area contributed by atoms with Gasteiger partial charge >= 0.3 is 0 Å². The molecule has 0 bridgehead atoms. The minimum Gasteiger partial charge on any atom is -0.179 e. The highest BCUT2D eigenvalue weighted by Gasteiger charge is 1.75. The smallest absolute Gasteiger partial charge is 0.0264 e. The molecule has 0 fully saturated rings. The van der Waals surface area contributed by atoms with Crippen LogP contribution in [0, 0.1) is 0 Å². The molecule has 0 aromatic heterocycles. The molecule has 0 saturated carbocycles. The van der Waals surface area contributed by atoms with Gasteiger partial charge in [0.2, 0.25) is 0 Å². The Hall–Kier alpha value is 0.350. The number of rotatable bonds is 3. The zero-order valence-corrected chi connectivity index (χ0v) is 5.04. The second-order valence-corrected chi connectivity index (χ2v) is 1.72. The quantitative estimate of drug-likeness (QED) is 0.522. The van der Waals surface area contributed by atoms with E-state index < -0.39 is 0 Å². The molecule has 0 heterocycles. The summed E-state index contributed by atoms with van der Waals surface area (Å²) in [4.78, 5) is 0. The molecular weight excluding hydrogens is 92.1 g/mol. The average molecular weight is 105 g/mol. The molecule has 0 aliphatic rings. The fourth-order valence-electron chi connectivity index (χ4n) is 0.295. The summed E-state index contributed by atoms with van der Waals surface area (Å²) < 4.78 is 7.05. The van der Waals surface area contributed by atoms with Gasteiger partial charge in [-0.1, -0.05) is 19.7 Å². The zero-order chi connectivity index (χ0) is 5.70. The van der Waals surface area contributed by atoms with Crippen LogP contribution in [0.3, 0.4) is 0 Å². The van der Waals surface area contributed by atoms with E-state index in [1.54, 1.807) is 0 Å². The number of thiol groups is 1. The third kappa shape index (κ3) is 4.35. The Morgan fingerprint density at radius 1 is 1.67 bits per heavy atom. The van der Waals surface area contributed by atoms with Crippen molar-refractivity contribution in [2.75, 3.05) is 5.75 Å². The second kappa shape index (κ2) is 5.35. The molecule has 0 amide bonds. The molecule has 0 aliphatic carbocycles. The molecule has 1 atom stereocenters. The van der Waals surface area contributed by atoms with E-state index >= 15 is 0 Å². The fourth-order valence-corrected chi connectivity index (χ4v) is 0.478. The molecule has 1 unspecified atom stereocenters. The Morgan fingerprint density at radius 3 is 2.50 bits per heavy atom. The van der Waals surface area contributed by atoms with Crippen molar-refractivity contribution in [3.05, 3.63) is 0 Å². The number of hydrogen-bond donors (Lipinski definition) is 1. The lowest BCUT2D eigenvalue weighted by Crippen LogP contribution is -1.70. The maximum absolute atomic E-state index is 7.05. The highest BCUT2D eigenvalue weighted by molar-refractivity contribution is 7.80. The van der Waals surface area contributed by atoms with Crippen molar-refractivity contribution in [1.29, 1.82) is 0 Å². The van der Waals surface area contributed by atoms with E-state index in [1.165, 1.54) is 0 Å². The summed E-state index contributed by atoms with van der Waals surface area (Å²) >= 11 is 4.01. The Kier molecular flexibility index (Phi) is 4.02. The van der Waals surface area contributed by atoms with Crippen molar-refractivity contribution in [3.63, 3.8) is 0 Å². The summed E-state index contributed by atoms with van der Waals surface area (Å²) in [6.45, 7) is 1.91. The summed E-state index contributed by atoms with van der Waals surface area (Å²) in [6.07, 6.45) is 2.17. The van der Waals surface area contributed by atoms with Gasteiger partial charge < -0.3 is 0 Å². The molecule has 0 spiro atoms. The fraction of sp³-hybridized carbons (Fsp3) is 1.00. The molecular formula is C5H12S. The van der Waals surface area contributed by atoms with Gasteiger partial charge in [-0.25, -0.2) is 0 Å². The van der Waals surface area contributed by atoms with Crippen LogP contribution in [0.4, 0.5) is 0 Å². The van der Waals surface area contributed by atoms with Crippen molar-refractivity contribution >= 4 is 12.6 Å². The summed E-state index contributed by atoms with van der Waals surface area (Å²) in [7, 11) is 0. The second-order valence-electron chi connectivity index (χ2n) is 1.27. The third-order valence-corrected chi connectivity index (χ3v) is 0.967. The van der Waals surface area contributed by atoms with Gasteiger partial charge in [-0.2, -0.15) is 12.6 Å². The van der Waals surface area contributed by atoms with E-state index in [0.29, 0.717) is 0 Å². The van der Waals surface area contributed by atoms with Gasteiger partial charge in [0.25, 0.3) is 0 Å². The van der Waals surface area contributed by atoms with Gasteiger partial charge in [0, 0.05) is 1.37 Å². The van der Waals surface area contributed by atoms with Crippen LogP contribution in [0.25, 0.3) is 0 Å². The Balaban J connectivity index is 2.68. The van der Waals surface area contributed by atoms with E-state index in [-0.39, 0.29) is 6.40 Å². The molecule has 0 aliphatic heterocycles. The lowest BCUT2D eigenvalue weighted by Gasteiger charge is -1.85. The Morgan fingerprint density at radius 2 is 2.33 bits per heavy atom. The van der Waals surface area contributed by atoms with Crippen LogP contribution in [0.2, 0.25) is 0 Å². The average Bonchev–Trinajstić information content (AvgIpc) is 1.61. The van der Waals surface area contributed by atoms with Crippen molar-refractivity contribution in [3.8, 4) is 0 Å². The Bertz CT molecular complexity index is 37.1. The SMILES string of the molecule is [2H]C(C)CCCS. The maximum Gasteiger partial charge on any atom is 0.0264 e. The maximum atomic E-state index is 7.05. The van der Waals surface area contributed by atoms with Crippen molar-refractivity contribution in [2.45, 2.75) is 26.2 Å². The van der Waals surface area contributed by atoms with E-state index in [2.05, 4.69) is 12.6 Å². The van der Waals surface area contributed by atoms with Crippen molar-refractivity contribution < 1.29 is 1.37 Å². The summed E-state index contributed by atoms with van der Waals surface area (Å²) in [6, 6.07) is 0. The highest BCUT2D eigenvalue weighted by Crippen LogP contribution is 1.93. The van der Waals surface area contributed by atoms with Crippen LogP contribution < -0.4 is 0 Å². The summed E-state index contributed by atoms with van der Waals surface area (Å²) in [5, 5.41) is 0. The van der Waals surface area contributed by atoms with Crippen LogP contribution in [-0.2, 0) is 0 Å². The minimum atomic E-state index is 0.104. The molecule has 0 rings (SSSR count). The van der Waals surface area contributed by atoms with Gasteiger partial charge in [0.1, 0.15) is 0 Å².